The van der Waals surface area contributed by atoms with E-state index < -0.39 is 5.41 Å². The molecule has 0 radical (unpaired) electrons. The first kappa shape index (κ1) is 16.2. The lowest BCUT2D eigenvalue weighted by molar-refractivity contribution is -0.124. The van der Waals surface area contributed by atoms with Gasteiger partial charge in [0.25, 0.3) is 5.91 Å². The Morgan fingerprint density at radius 3 is 2.96 bits per heavy atom. The highest BCUT2D eigenvalue weighted by atomic mass is 32.1. The van der Waals surface area contributed by atoms with Gasteiger partial charge in [-0.25, -0.2) is 0 Å². The number of para-hydroxylation sites is 1. The van der Waals surface area contributed by atoms with Crippen LogP contribution >= 0.6 is 11.5 Å². The summed E-state index contributed by atoms with van der Waals surface area (Å²) in [5.41, 5.74) is 2.11. The van der Waals surface area contributed by atoms with Gasteiger partial charge in [-0.3, -0.25) is 9.59 Å². The second-order valence-electron chi connectivity index (χ2n) is 6.70. The first-order valence-electron chi connectivity index (χ1n) is 8.56. The van der Waals surface area contributed by atoms with E-state index in [0.717, 1.165) is 41.3 Å². The second-order valence-corrected chi connectivity index (χ2v) is 7.45. The van der Waals surface area contributed by atoms with Gasteiger partial charge in [-0.2, -0.15) is 0 Å². The highest BCUT2D eigenvalue weighted by Gasteiger charge is 2.52. The lowest BCUT2D eigenvalue weighted by Crippen LogP contribution is -2.53. The number of fused-ring (bicyclic) bond motifs is 2. The van der Waals surface area contributed by atoms with E-state index in [1.807, 2.05) is 43.1 Å². The Balaban J connectivity index is 1.70. The third kappa shape index (κ3) is 2.29. The third-order valence-electron chi connectivity index (χ3n) is 5.36. The van der Waals surface area contributed by atoms with Crippen LogP contribution in [-0.4, -0.2) is 46.4 Å². The maximum absolute atomic E-state index is 13.1. The van der Waals surface area contributed by atoms with Crippen molar-refractivity contribution in [3.63, 3.8) is 0 Å². The molecule has 1 aromatic carbocycles. The summed E-state index contributed by atoms with van der Waals surface area (Å²) in [6.07, 6.45) is 2.27. The summed E-state index contributed by atoms with van der Waals surface area (Å²) in [5.74, 6) is 0.0371. The molecular weight excluding hydrogens is 336 g/mol. The minimum absolute atomic E-state index is 0.0502. The largest absolute Gasteiger partial charge is 0.336 e. The van der Waals surface area contributed by atoms with Crippen molar-refractivity contribution in [3.8, 4) is 0 Å². The summed E-state index contributed by atoms with van der Waals surface area (Å²) < 4.78 is 3.93. The van der Waals surface area contributed by atoms with Crippen LogP contribution in [0.4, 0.5) is 5.69 Å². The number of benzene rings is 1. The Morgan fingerprint density at radius 1 is 1.36 bits per heavy atom. The summed E-state index contributed by atoms with van der Waals surface area (Å²) in [5, 5.41) is 4.05. The maximum atomic E-state index is 13.1. The van der Waals surface area contributed by atoms with Crippen molar-refractivity contribution < 1.29 is 9.59 Å². The van der Waals surface area contributed by atoms with E-state index in [2.05, 4.69) is 9.59 Å². The monoisotopic (exact) mass is 356 g/mol. The van der Waals surface area contributed by atoms with Crippen LogP contribution in [0.1, 0.15) is 40.7 Å². The molecule has 1 saturated heterocycles. The molecule has 0 aliphatic carbocycles. The van der Waals surface area contributed by atoms with Crippen LogP contribution in [0.25, 0.3) is 0 Å². The van der Waals surface area contributed by atoms with Crippen molar-refractivity contribution in [1.82, 2.24) is 14.5 Å². The molecule has 1 aromatic heterocycles. The number of carbonyl (C=O) groups excluding carboxylic acids is 2. The van der Waals surface area contributed by atoms with Crippen LogP contribution in [0.2, 0.25) is 0 Å². The first-order valence-corrected chi connectivity index (χ1v) is 9.34. The molecule has 7 heteroatoms. The quantitative estimate of drug-likeness (QED) is 0.828. The average molecular weight is 356 g/mol. The Kier molecular flexibility index (Phi) is 3.83. The molecular formula is C18H20N4O2S. The molecule has 0 saturated carbocycles. The number of likely N-dealkylation sites (N-methyl/N-ethyl adjacent to an activating group) is 1. The van der Waals surface area contributed by atoms with Crippen molar-refractivity contribution in [3.05, 3.63) is 40.4 Å². The molecule has 3 heterocycles. The zero-order chi connectivity index (χ0) is 17.6. The smallest absolute Gasteiger partial charge is 0.267 e. The second kappa shape index (κ2) is 5.91. The Morgan fingerprint density at radius 2 is 2.16 bits per heavy atom. The number of likely N-dealkylation sites (tertiary alicyclic amines) is 1. The fraction of sp³-hybridized carbons (Fsp3) is 0.444. The number of rotatable bonds is 2. The lowest BCUT2D eigenvalue weighted by atomic mass is 9.75. The van der Waals surface area contributed by atoms with Gasteiger partial charge in [-0.15, -0.1) is 5.10 Å². The SMILES string of the molecule is CCc1nnsc1C(=O)N1CCC[C@@]2(C1)C(=O)N(C)c1ccccc12. The molecule has 25 heavy (non-hydrogen) atoms. The standard InChI is InChI=1S/C18H20N4O2S/c1-3-13-15(25-20-19-13)16(23)22-10-6-9-18(11-22)12-7-4-5-8-14(12)21(2)17(18)24/h4-5,7-8H,3,6,9-11H2,1-2H3/t18-/m0/s1. The molecule has 2 amide bonds. The number of hydrogen-bond acceptors (Lipinski definition) is 5. The predicted octanol–water partition coefficient (Wildman–Crippen LogP) is 2.25. The van der Waals surface area contributed by atoms with E-state index in [0.29, 0.717) is 24.4 Å². The molecule has 130 valence electrons. The third-order valence-corrected chi connectivity index (χ3v) is 6.12. The normalized spacial score (nSPS) is 22.6. The predicted molar refractivity (Wildman–Crippen MR) is 96.0 cm³/mol. The number of piperidine rings is 1. The van der Waals surface area contributed by atoms with Gasteiger partial charge in [-0.05, 0) is 42.4 Å². The fourth-order valence-electron chi connectivity index (χ4n) is 4.09. The Labute approximate surface area is 150 Å². The molecule has 1 atom stereocenters. The van der Waals surface area contributed by atoms with Gasteiger partial charge < -0.3 is 9.80 Å². The Bertz CT molecular complexity index is 849. The molecule has 0 bridgehead atoms. The number of anilines is 1. The number of nitrogens with zero attached hydrogens (tertiary/aromatic N) is 4. The van der Waals surface area contributed by atoms with Gasteiger partial charge in [0.05, 0.1) is 11.1 Å². The average Bonchev–Trinajstić information content (AvgIpc) is 3.21. The molecule has 0 N–H and O–H groups in total. The summed E-state index contributed by atoms with van der Waals surface area (Å²) in [7, 11) is 1.82. The van der Waals surface area contributed by atoms with Crippen LogP contribution in [-0.2, 0) is 16.6 Å². The molecule has 0 unspecified atom stereocenters. The minimum atomic E-state index is -0.621. The van der Waals surface area contributed by atoms with E-state index in [-0.39, 0.29) is 11.8 Å². The minimum Gasteiger partial charge on any atom is -0.336 e. The highest BCUT2D eigenvalue weighted by molar-refractivity contribution is 7.08. The first-order chi connectivity index (χ1) is 12.1. The number of aromatic nitrogens is 2. The van der Waals surface area contributed by atoms with E-state index in [9.17, 15) is 9.59 Å². The van der Waals surface area contributed by atoms with Crippen LogP contribution in [0, 0.1) is 0 Å². The van der Waals surface area contributed by atoms with E-state index in [1.54, 1.807) is 4.90 Å². The fourth-order valence-corrected chi connectivity index (χ4v) is 4.80. The van der Waals surface area contributed by atoms with Gasteiger partial charge in [0, 0.05) is 25.8 Å². The van der Waals surface area contributed by atoms with Gasteiger partial charge in [0.15, 0.2) is 0 Å². The number of amides is 2. The van der Waals surface area contributed by atoms with Crippen molar-refractivity contribution >= 4 is 29.0 Å². The highest BCUT2D eigenvalue weighted by Crippen LogP contribution is 2.46. The molecule has 2 aliphatic rings. The van der Waals surface area contributed by atoms with Gasteiger partial charge in [0.1, 0.15) is 4.88 Å². The summed E-state index contributed by atoms with van der Waals surface area (Å²) in [6, 6.07) is 7.92. The number of carbonyl (C=O) groups is 2. The van der Waals surface area contributed by atoms with E-state index in [4.69, 9.17) is 0 Å². The maximum Gasteiger partial charge on any atom is 0.267 e. The topological polar surface area (TPSA) is 66.4 Å². The van der Waals surface area contributed by atoms with Crippen LogP contribution in [0.15, 0.2) is 24.3 Å². The number of aryl methyl sites for hydroxylation is 1. The lowest BCUT2D eigenvalue weighted by Gasteiger charge is -2.39. The van der Waals surface area contributed by atoms with Crippen LogP contribution in [0.3, 0.4) is 0 Å². The summed E-state index contributed by atoms with van der Waals surface area (Å²) in [4.78, 5) is 30.2. The molecule has 1 fully saturated rings. The Hall–Kier alpha value is -2.28. The van der Waals surface area contributed by atoms with Crippen molar-refractivity contribution in [2.75, 3.05) is 25.0 Å². The molecule has 1 spiro atoms. The van der Waals surface area contributed by atoms with Crippen LogP contribution in [0.5, 0.6) is 0 Å². The molecule has 6 nitrogen and oxygen atoms in total. The van der Waals surface area contributed by atoms with E-state index in [1.165, 1.54) is 0 Å². The van der Waals surface area contributed by atoms with E-state index >= 15 is 0 Å². The molecule has 4 rings (SSSR count). The summed E-state index contributed by atoms with van der Waals surface area (Å²) >= 11 is 1.15. The number of hydrogen-bond donors (Lipinski definition) is 0. The van der Waals surface area contributed by atoms with Gasteiger partial charge in [-0.1, -0.05) is 29.6 Å². The van der Waals surface area contributed by atoms with Crippen LogP contribution < -0.4 is 4.90 Å². The van der Waals surface area contributed by atoms with Crippen molar-refractivity contribution in [2.24, 2.45) is 0 Å². The van der Waals surface area contributed by atoms with Gasteiger partial charge in [0.2, 0.25) is 5.91 Å². The van der Waals surface area contributed by atoms with Crippen molar-refractivity contribution in [2.45, 2.75) is 31.6 Å². The van der Waals surface area contributed by atoms with Gasteiger partial charge >= 0.3 is 0 Å². The summed E-state index contributed by atoms with van der Waals surface area (Å²) in [6.45, 7) is 3.06. The molecule has 2 aromatic rings. The molecule has 2 aliphatic heterocycles. The zero-order valence-electron chi connectivity index (χ0n) is 14.4. The van der Waals surface area contributed by atoms with Crippen molar-refractivity contribution in [1.29, 1.82) is 0 Å². The zero-order valence-corrected chi connectivity index (χ0v) is 15.2.